The van der Waals surface area contributed by atoms with Gasteiger partial charge in [-0.3, -0.25) is 0 Å². The van der Waals surface area contributed by atoms with Crippen molar-refractivity contribution in [1.29, 1.82) is 0 Å². The third kappa shape index (κ3) is 5.18. The molecule has 1 aromatic heterocycles. The van der Waals surface area contributed by atoms with E-state index in [4.69, 9.17) is 9.72 Å². The first-order valence-electron chi connectivity index (χ1n) is 14.3. The topological polar surface area (TPSA) is 107 Å². The van der Waals surface area contributed by atoms with E-state index in [1.54, 1.807) is 24.3 Å². The molecule has 0 saturated carbocycles. The highest BCUT2D eigenvalue weighted by molar-refractivity contribution is 7.86. The molecular formula is C36H28N4O4S. The van der Waals surface area contributed by atoms with E-state index in [0.717, 1.165) is 38.9 Å². The number of rotatable bonds is 7. The van der Waals surface area contributed by atoms with Gasteiger partial charge in [-0.1, -0.05) is 66.7 Å². The molecule has 0 radical (unpaired) electrons. The van der Waals surface area contributed by atoms with Gasteiger partial charge in [0.1, 0.15) is 26.9 Å². The Kier molecular flexibility index (Phi) is 7.04. The molecule has 0 aliphatic heterocycles. The van der Waals surface area contributed by atoms with Crippen LogP contribution in [0.3, 0.4) is 0 Å². The minimum Gasteiger partial charge on any atom is -0.744 e. The second-order valence-electron chi connectivity index (χ2n) is 10.7. The van der Waals surface area contributed by atoms with Gasteiger partial charge in [0.25, 0.3) is 0 Å². The van der Waals surface area contributed by atoms with Crippen molar-refractivity contribution in [2.24, 2.45) is 0 Å². The lowest BCUT2D eigenvalue weighted by Gasteiger charge is -2.18. The number of benzene rings is 6. The number of ether oxygens (including phenoxy) is 1. The zero-order valence-corrected chi connectivity index (χ0v) is 25.3. The molecule has 7 aromatic rings. The van der Waals surface area contributed by atoms with Crippen molar-refractivity contribution in [2.45, 2.75) is 11.8 Å². The fourth-order valence-electron chi connectivity index (χ4n) is 5.83. The maximum Gasteiger partial charge on any atom is 0.240 e. The molecular weight excluding hydrogens is 584 g/mol. The summed E-state index contributed by atoms with van der Waals surface area (Å²) in [6.45, 7) is 2.05. The van der Waals surface area contributed by atoms with Gasteiger partial charge in [0.05, 0.1) is 29.1 Å². The lowest BCUT2D eigenvalue weighted by Crippen LogP contribution is -2.33. The Hall–Kier alpha value is -5.51. The van der Waals surface area contributed by atoms with Gasteiger partial charge in [0, 0.05) is 40.7 Å². The van der Waals surface area contributed by atoms with Crippen LogP contribution in [0, 0.1) is 6.92 Å². The predicted octanol–water partition coefficient (Wildman–Crippen LogP) is 7.53. The molecule has 6 aromatic carbocycles. The van der Waals surface area contributed by atoms with Crippen LogP contribution in [0.4, 0.5) is 22.7 Å². The molecule has 0 aliphatic rings. The van der Waals surface area contributed by atoms with Gasteiger partial charge in [-0.2, -0.15) is 0 Å². The highest BCUT2D eigenvalue weighted by atomic mass is 32.2. The summed E-state index contributed by atoms with van der Waals surface area (Å²) in [4.78, 5) is 4.63. The molecule has 8 nitrogen and oxygen atoms in total. The van der Waals surface area contributed by atoms with E-state index in [9.17, 15) is 13.0 Å². The van der Waals surface area contributed by atoms with Crippen LogP contribution in [0.5, 0.6) is 5.75 Å². The van der Waals surface area contributed by atoms with Gasteiger partial charge in [-0.05, 0) is 42.8 Å². The zero-order valence-electron chi connectivity index (χ0n) is 24.5. The maximum absolute atomic E-state index is 12.7. The predicted molar refractivity (Wildman–Crippen MR) is 177 cm³/mol. The third-order valence-electron chi connectivity index (χ3n) is 7.82. The highest BCUT2D eigenvalue weighted by Gasteiger charge is 2.26. The monoisotopic (exact) mass is 612 g/mol. The molecule has 0 bridgehead atoms. The summed E-state index contributed by atoms with van der Waals surface area (Å²) in [7, 11) is -3.37. The number of nitrogens with one attached hydrogen (secondary N) is 2. The van der Waals surface area contributed by atoms with Crippen LogP contribution in [0.1, 0.15) is 5.56 Å². The Bertz CT molecular complexity index is 2350. The van der Waals surface area contributed by atoms with Crippen LogP contribution < -0.4 is 19.9 Å². The number of nitrogens with zero attached hydrogens (tertiary/aromatic N) is 2. The SMILES string of the molecule is COc1ccccc1Nc1cc2c(cc1S(=O)(=O)[O-])nc1c3cccc(C)c3c(Nc3ccccc3)cc1[n+]2-c1ccccc1. The Morgan fingerprint density at radius 2 is 1.42 bits per heavy atom. The second-order valence-corrected chi connectivity index (χ2v) is 12.0. The van der Waals surface area contributed by atoms with E-state index in [2.05, 4.69) is 29.7 Å². The quantitative estimate of drug-likeness (QED) is 0.0829. The van der Waals surface area contributed by atoms with Gasteiger partial charge in [-0.25, -0.2) is 13.4 Å². The Balaban J connectivity index is 1.61. The van der Waals surface area contributed by atoms with Crippen molar-refractivity contribution in [3.05, 3.63) is 127 Å². The minimum atomic E-state index is -4.90. The number of aryl methyl sites for hydroxylation is 1. The van der Waals surface area contributed by atoms with Gasteiger partial charge < -0.3 is 19.9 Å². The van der Waals surface area contributed by atoms with E-state index in [0.29, 0.717) is 28.0 Å². The average molecular weight is 613 g/mol. The Morgan fingerprint density at radius 3 is 2.16 bits per heavy atom. The number of para-hydroxylation sites is 4. The molecule has 1 heterocycles. The standard InChI is InChI=1S/C36H28N4O4S/c1-23-12-11-17-26-35(23)30(37-24-13-5-3-6-14-24)21-32-36(26)39-28-22-34(45(41,42)43)29(38-27-18-9-10-19-33(27)44-2)20-31(28)40(32)25-15-7-4-8-16-25/h3-22H,1-2H3,(H2,37,38,41,42,43). The molecule has 0 saturated heterocycles. The van der Waals surface area contributed by atoms with Crippen molar-refractivity contribution in [3.63, 3.8) is 0 Å². The smallest absolute Gasteiger partial charge is 0.240 e. The van der Waals surface area contributed by atoms with Gasteiger partial charge in [0.15, 0.2) is 0 Å². The largest absolute Gasteiger partial charge is 0.744 e. The fraction of sp³-hybridized carbons (Fsp3) is 0.0556. The van der Waals surface area contributed by atoms with Crippen LogP contribution in [-0.4, -0.2) is 25.1 Å². The van der Waals surface area contributed by atoms with Crippen molar-refractivity contribution >= 4 is 65.7 Å². The van der Waals surface area contributed by atoms with Crippen molar-refractivity contribution in [3.8, 4) is 11.4 Å². The highest BCUT2D eigenvalue weighted by Crippen LogP contribution is 2.37. The molecule has 0 aliphatic carbocycles. The second kappa shape index (κ2) is 11.2. The Morgan fingerprint density at radius 1 is 0.733 bits per heavy atom. The van der Waals surface area contributed by atoms with E-state index >= 15 is 0 Å². The minimum absolute atomic E-state index is 0.118. The summed E-state index contributed by atoms with van der Waals surface area (Å²) in [5.41, 5.74) is 6.80. The summed E-state index contributed by atoms with van der Waals surface area (Å²) >= 11 is 0. The molecule has 0 amide bonds. The number of aromatic nitrogens is 2. The Labute approximate surface area is 260 Å². The lowest BCUT2D eigenvalue weighted by molar-refractivity contribution is -0.538. The third-order valence-corrected chi connectivity index (χ3v) is 8.70. The van der Waals surface area contributed by atoms with E-state index in [1.165, 1.54) is 13.2 Å². The van der Waals surface area contributed by atoms with E-state index < -0.39 is 15.0 Å². The maximum atomic E-state index is 12.7. The van der Waals surface area contributed by atoms with Crippen LogP contribution in [0.25, 0.3) is 38.5 Å². The molecule has 2 N–H and O–H groups in total. The summed E-state index contributed by atoms with van der Waals surface area (Å²) in [5.74, 6) is 0.498. The van der Waals surface area contributed by atoms with E-state index in [-0.39, 0.29) is 5.69 Å². The normalized spacial score (nSPS) is 11.6. The molecule has 0 spiro atoms. The molecule has 0 atom stereocenters. The number of fused-ring (bicyclic) bond motifs is 4. The van der Waals surface area contributed by atoms with Crippen LogP contribution >= 0.6 is 0 Å². The molecule has 0 fully saturated rings. The fourth-order valence-corrected chi connectivity index (χ4v) is 6.47. The van der Waals surface area contributed by atoms with Crippen molar-refractivity contribution in [1.82, 2.24) is 4.98 Å². The molecule has 0 unspecified atom stereocenters. The molecule has 222 valence electrons. The van der Waals surface area contributed by atoms with E-state index in [1.807, 2.05) is 83.4 Å². The number of methoxy groups -OCH3 is 1. The van der Waals surface area contributed by atoms with Crippen molar-refractivity contribution < 1.29 is 22.3 Å². The summed E-state index contributed by atoms with van der Waals surface area (Å²) in [5, 5.41) is 8.63. The van der Waals surface area contributed by atoms with Gasteiger partial charge in [0.2, 0.25) is 16.7 Å². The number of hydrogen-bond donors (Lipinski definition) is 2. The molecule has 7 rings (SSSR count). The lowest BCUT2D eigenvalue weighted by atomic mass is 10.0. The van der Waals surface area contributed by atoms with Crippen LogP contribution in [0.2, 0.25) is 0 Å². The van der Waals surface area contributed by atoms with Gasteiger partial charge >= 0.3 is 0 Å². The first-order chi connectivity index (χ1) is 21.8. The zero-order chi connectivity index (χ0) is 31.1. The number of hydrogen-bond acceptors (Lipinski definition) is 7. The summed E-state index contributed by atoms with van der Waals surface area (Å²) in [6.07, 6.45) is 0. The molecule has 9 heteroatoms. The number of anilines is 4. The van der Waals surface area contributed by atoms with Crippen LogP contribution in [-0.2, 0) is 10.1 Å². The molecule has 45 heavy (non-hydrogen) atoms. The summed E-state index contributed by atoms with van der Waals surface area (Å²) in [6, 6.07) is 38.0. The average Bonchev–Trinajstić information content (AvgIpc) is 3.04. The van der Waals surface area contributed by atoms with Crippen LogP contribution in [0.15, 0.2) is 126 Å². The first-order valence-corrected chi connectivity index (χ1v) is 15.7. The van der Waals surface area contributed by atoms with Gasteiger partial charge in [-0.15, -0.1) is 4.57 Å². The summed E-state index contributed by atoms with van der Waals surface area (Å²) < 4.78 is 45.5. The van der Waals surface area contributed by atoms with Crippen molar-refractivity contribution in [2.75, 3.05) is 17.7 Å². The first kappa shape index (κ1) is 28.3.